The van der Waals surface area contributed by atoms with E-state index in [-0.39, 0.29) is 16.9 Å². The third kappa shape index (κ3) is 9.89. The van der Waals surface area contributed by atoms with Gasteiger partial charge in [0.15, 0.2) is 5.16 Å². The molecule has 1 aromatic heterocycles. The highest BCUT2D eigenvalue weighted by Crippen LogP contribution is 2.44. The van der Waals surface area contributed by atoms with Gasteiger partial charge in [0.1, 0.15) is 5.75 Å². The number of fused-ring (bicyclic) bond motifs is 1. The first-order valence-electron chi connectivity index (χ1n) is 17.3. The summed E-state index contributed by atoms with van der Waals surface area (Å²) in [4.78, 5) is 33.6. The minimum absolute atomic E-state index is 0.0210. The molecule has 0 bridgehead atoms. The number of H-pyrrole nitrogens is 1. The maximum atomic E-state index is 13.0. The highest BCUT2D eigenvalue weighted by Gasteiger charge is 2.40. The molecule has 2 aromatic carbocycles. The number of thioether (sulfide) groups is 1. The number of unbranched alkanes of at least 4 members (excludes halogenated alkanes) is 12. The maximum absolute atomic E-state index is 13.0. The van der Waals surface area contributed by atoms with Crippen LogP contribution in [0.3, 0.4) is 0 Å². The number of ether oxygens (including phenoxy) is 1. The van der Waals surface area contributed by atoms with Gasteiger partial charge in [-0.2, -0.15) is 0 Å². The summed E-state index contributed by atoms with van der Waals surface area (Å²) >= 11 is 1.38. The van der Waals surface area contributed by atoms with Crippen LogP contribution in [0.5, 0.6) is 5.75 Å². The Bertz CT molecular complexity index is 1530. The fourth-order valence-corrected chi connectivity index (χ4v) is 7.47. The molecule has 0 fully saturated rings. The lowest BCUT2D eigenvalue weighted by Crippen LogP contribution is -2.33. The molecular weight excluding hydrogens is 611 g/mol. The number of aliphatic carboxylic acids is 2. The molecule has 47 heavy (non-hydrogen) atoms. The standard InChI is InChI=1S/C38H51N3O5S/c1-4-5-6-7-8-9-10-11-12-13-14-15-16-20-27-21-19-24-31(46-3)33(27)35-32(36(42)43)26(2)39-30(34(35)37(44)45)25-47-38-40-28-22-17-18-23-29(28)41-38/h17-19,21-24,35,39H,4-16,20,25H2,1-3H3,(H,40,41)(H,42,43)(H,44,45). The summed E-state index contributed by atoms with van der Waals surface area (Å²) in [5, 5.41) is 24.8. The molecule has 3 aromatic rings. The predicted octanol–water partition coefficient (Wildman–Crippen LogP) is 9.38. The lowest BCUT2D eigenvalue weighted by Gasteiger charge is -2.32. The Morgan fingerprint density at radius 2 is 1.45 bits per heavy atom. The molecule has 4 rings (SSSR count). The Morgan fingerprint density at radius 3 is 2.04 bits per heavy atom. The average Bonchev–Trinajstić information content (AvgIpc) is 3.48. The van der Waals surface area contributed by atoms with Crippen molar-refractivity contribution in [3.63, 3.8) is 0 Å². The van der Waals surface area contributed by atoms with Gasteiger partial charge in [-0.05, 0) is 43.5 Å². The van der Waals surface area contributed by atoms with E-state index >= 15 is 0 Å². The molecule has 0 spiro atoms. The number of hydrogen-bond donors (Lipinski definition) is 4. The van der Waals surface area contributed by atoms with Crippen molar-refractivity contribution in [3.05, 3.63) is 76.1 Å². The van der Waals surface area contributed by atoms with Crippen LogP contribution in [0.1, 0.15) is 114 Å². The molecule has 1 aliphatic rings. The third-order valence-electron chi connectivity index (χ3n) is 9.04. The number of allylic oxidation sites excluding steroid dienone is 1. The van der Waals surface area contributed by atoms with Gasteiger partial charge in [-0.25, -0.2) is 14.6 Å². The van der Waals surface area contributed by atoms with Crippen molar-refractivity contribution in [1.29, 1.82) is 0 Å². The summed E-state index contributed by atoms with van der Waals surface area (Å²) in [7, 11) is 1.55. The fourth-order valence-electron chi connectivity index (χ4n) is 6.62. The van der Waals surface area contributed by atoms with Crippen molar-refractivity contribution in [2.75, 3.05) is 12.9 Å². The number of carboxylic acids is 2. The van der Waals surface area contributed by atoms with E-state index in [0.717, 1.165) is 42.3 Å². The van der Waals surface area contributed by atoms with Gasteiger partial charge in [-0.1, -0.05) is 120 Å². The number of imidazole rings is 1. The van der Waals surface area contributed by atoms with Crippen molar-refractivity contribution in [2.45, 2.75) is 115 Å². The number of dihydropyridines is 1. The van der Waals surface area contributed by atoms with Gasteiger partial charge in [0.2, 0.25) is 0 Å². The van der Waals surface area contributed by atoms with Crippen molar-refractivity contribution in [2.24, 2.45) is 0 Å². The number of aromatic nitrogens is 2. The largest absolute Gasteiger partial charge is 0.496 e. The molecule has 254 valence electrons. The van der Waals surface area contributed by atoms with E-state index in [1.807, 2.05) is 36.4 Å². The number of methoxy groups -OCH3 is 1. The number of carbonyl (C=O) groups is 2. The zero-order chi connectivity index (χ0) is 33.6. The lowest BCUT2D eigenvalue weighted by atomic mass is 9.77. The summed E-state index contributed by atoms with van der Waals surface area (Å²) in [6.07, 6.45) is 17.1. The average molecular weight is 662 g/mol. The molecule has 1 unspecified atom stereocenters. The molecule has 1 atom stereocenters. The monoisotopic (exact) mass is 661 g/mol. The predicted molar refractivity (Wildman–Crippen MR) is 190 cm³/mol. The van der Waals surface area contributed by atoms with E-state index < -0.39 is 17.9 Å². The number of nitrogens with zero attached hydrogens (tertiary/aromatic N) is 1. The number of aromatic amines is 1. The molecular formula is C38H51N3O5S. The van der Waals surface area contributed by atoms with Crippen molar-refractivity contribution in [1.82, 2.24) is 15.3 Å². The van der Waals surface area contributed by atoms with Gasteiger partial charge in [-0.15, -0.1) is 0 Å². The van der Waals surface area contributed by atoms with E-state index in [0.29, 0.717) is 27.9 Å². The van der Waals surface area contributed by atoms with Crippen LogP contribution < -0.4 is 10.1 Å². The van der Waals surface area contributed by atoms with Crippen LogP contribution in [0.2, 0.25) is 0 Å². The second kappa shape index (κ2) is 18.6. The molecule has 0 saturated heterocycles. The van der Waals surface area contributed by atoms with Gasteiger partial charge >= 0.3 is 11.9 Å². The normalized spacial score (nSPS) is 14.9. The van der Waals surface area contributed by atoms with E-state index in [9.17, 15) is 19.8 Å². The minimum atomic E-state index is -1.16. The molecule has 1 aliphatic heterocycles. The minimum Gasteiger partial charge on any atom is -0.496 e. The van der Waals surface area contributed by atoms with Gasteiger partial charge < -0.3 is 25.3 Å². The molecule has 0 radical (unpaired) electrons. The first-order valence-corrected chi connectivity index (χ1v) is 18.2. The third-order valence-corrected chi connectivity index (χ3v) is 9.94. The summed E-state index contributed by atoms with van der Waals surface area (Å²) in [6, 6.07) is 13.4. The molecule has 9 heteroatoms. The van der Waals surface area contributed by atoms with Crippen LogP contribution in [-0.4, -0.2) is 45.0 Å². The fraction of sp³-hybridized carbons (Fsp3) is 0.500. The van der Waals surface area contributed by atoms with Crippen molar-refractivity contribution in [3.8, 4) is 5.75 Å². The first-order chi connectivity index (χ1) is 22.8. The Morgan fingerprint density at radius 1 is 0.830 bits per heavy atom. The summed E-state index contributed by atoms with van der Waals surface area (Å²) < 4.78 is 5.78. The zero-order valence-corrected chi connectivity index (χ0v) is 29.0. The maximum Gasteiger partial charge on any atom is 0.334 e. The smallest absolute Gasteiger partial charge is 0.334 e. The van der Waals surface area contributed by atoms with Gasteiger partial charge in [0, 0.05) is 22.7 Å². The summed E-state index contributed by atoms with van der Waals surface area (Å²) in [5.41, 5.74) is 4.19. The SMILES string of the molecule is CCCCCCCCCCCCCCCc1cccc(OC)c1C1C(C(=O)O)=C(C)NC(CSc2nc3ccccc3[nH]2)=C1C(=O)O. The zero-order valence-electron chi connectivity index (χ0n) is 28.2. The van der Waals surface area contributed by atoms with Crippen LogP contribution in [0.25, 0.3) is 11.0 Å². The number of aryl methyl sites for hydroxylation is 1. The van der Waals surface area contributed by atoms with Gasteiger partial charge in [0.05, 0.1) is 35.2 Å². The molecule has 4 N–H and O–H groups in total. The Kier molecular flexibility index (Phi) is 14.3. The topological polar surface area (TPSA) is 125 Å². The number of nitrogens with one attached hydrogen (secondary N) is 2. The lowest BCUT2D eigenvalue weighted by molar-refractivity contribution is -0.133. The molecule has 0 saturated carbocycles. The van der Waals surface area contributed by atoms with Gasteiger partial charge in [-0.3, -0.25) is 0 Å². The number of carboxylic acid groups (broad SMARTS) is 2. The second-order valence-corrected chi connectivity index (χ2v) is 13.4. The van der Waals surface area contributed by atoms with Gasteiger partial charge in [0.25, 0.3) is 0 Å². The Balaban J connectivity index is 1.47. The van der Waals surface area contributed by atoms with Crippen molar-refractivity contribution >= 4 is 34.7 Å². The van der Waals surface area contributed by atoms with Crippen LogP contribution in [0.15, 0.2) is 70.2 Å². The van der Waals surface area contributed by atoms with E-state index in [2.05, 4.69) is 22.2 Å². The van der Waals surface area contributed by atoms with Crippen molar-refractivity contribution < 1.29 is 24.5 Å². The molecule has 0 aliphatic carbocycles. The van der Waals surface area contributed by atoms with E-state index in [1.165, 1.54) is 76.0 Å². The van der Waals surface area contributed by atoms with Crippen LogP contribution in [-0.2, 0) is 16.0 Å². The number of hydrogen-bond acceptors (Lipinski definition) is 6. The van der Waals surface area contributed by atoms with E-state index in [4.69, 9.17) is 4.74 Å². The van der Waals surface area contributed by atoms with Crippen LogP contribution >= 0.6 is 11.8 Å². The number of rotatable bonds is 21. The summed E-state index contributed by atoms with van der Waals surface area (Å²) in [5.74, 6) is -2.54. The number of para-hydroxylation sites is 2. The molecule has 2 heterocycles. The number of benzene rings is 2. The molecule has 0 amide bonds. The Hall–Kier alpha value is -3.72. The Labute approximate surface area is 283 Å². The van der Waals surface area contributed by atoms with E-state index in [1.54, 1.807) is 20.1 Å². The van der Waals surface area contributed by atoms with Crippen LogP contribution in [0.4, 0.5) is 0 Å². The highest BCUT2D eigenvalue weighted by atomic mass is 32.2. The summed E-state index contributed by atoms with van der Waals surface area (Å²) in [6.45, 7) is 3.95. The molecule has 8 nitrogen and oxygen atoms in total. The highest BCUT2D eigenvalue weighted by molar-refractivity contribution is 7.99. The first kappa shape index (κ1) is 36.1. The van der Waals surface area contributed by atoms with Crippen LogP contribution in [0, 0.1) is 0 Å². The second-order valence-electron chi connectivity index (χ2n) is 12.5. The quantitative estimate of drug-likeness (QED) is 0.0658.